The lowest BCUT2D eigenvalue weighted by atomic mass is 10.2. The van der Waals surface area contributed by atoms with E-state index in [1.54, 1.807) is 30.1 Å². The summed E-state index contributed by atoms with van der Waals surface area (Å²) in [5, 5.41) is 15.3. The highest BCUT2D eigenvalue weighted by Crippen LogP contribution is 2.36. The lowest BCUT2D eigenvalue weighted by molar-refractivity contribution is 0.142. The van der Waals surface area contributed by atoms with E-state index >= 15 is 0 Å². The van der Waals surface area contributed by atoms with Gasteiger partial charge < -0.3 is 14.6 Å². The van der Waals surface area contributed by atoms with Crippen molar-refractivity contribution in [1.29, 1.82) is 0 Å². The Morgan fingerprint density at radius 1 is 1.25 bits per heavy atom. The summed E-state index contributed by atoms with van der Waals surface area (Å²) in [5.74, 6) is 0.817. The normalized spacial score (nSPS) is 10.6. The molecule has 3 rings (SSSR count). The number of rotatable bonds is 4. The van der Waals surface area contributed by atoms with Crippen molar-refractivity contribution in [2.75, 3.05) is 7.11 Å². The van der Waals surface area contributed by atoms with Crippen LogP contribution in [0.15, 0.2) is 35.7 Å². The Morgan fingerprint density at radius 3 is 2.50 bits per heavy atom. The summed E-state index contributed by atoms with van der Waals surface area (Å²) in [5.41, 5.74) is 3.42. The Morgan fingerprint density at radius 2 is 1.96 bits per heavy atom. The third-order valence-corrected chi connectivity index (χ3v) is 4.60. The summed E-state index contributed by atoms with van der Waals surface area (Å²) in [6, 6.07) is 9.42. The zero-order chi connectivity index (χ0) is 17.3. The second kappa shape index (κ2) is 6.37. The number of carbonyl (C=O) groups is 1. The first-order valence-electron chi connectivity index (χ1n) is 7.20. The minimum absolute atomic E-state index is 0.0828. The van der Waals surface area contributed by atoms with Gasteiger partial charge in [-0.05, 0) is 55.1 Å². The molecule has 0 fully saturated rings. The van der Waals surface area contributed by atoms with Crippen molar-refractivity contribution in [3.8, 4) is 27.9 Å². The Labute approximate surface area is 142 Å². The van der Waals surface area contributed by atoms with Crippen molar-refractivity contribution in [2.24, 2.45) is 0 Å². The first-order chi connectivity index (χ1) is 11.5. The molecule has 0 aliphatic rings. The molecule has 0 bridgehead atoms. The quantitative estimate of drug-likeness (QED) is 0.715. The number of methoxy groups -OCH3 is 1. The molecule has 7 heteroatoms. The number of thiophene rings is 1. The molecule has 124 valence electrons. The van der Waals surface area contributed by atoms with E-state index < -0.39 is 6.16 Å². The van der Waals surface area contributed by atoms with Crippen LogP contribution in [0.1, 0.15) is 11.1 Å². The van der Waals surface area contributed by atoms with Crippen molar-refractivity contribution >= 4 is 17.5 Å². The van der Waals surface area contributed by atoms with Crippen LogP contribution in [0.5, 0.6) is 11.6 Å². The summed E-state index contributed by atoms with van der Waals surface area (Å²) >= 11 is 1.58. The van der Waals surface area contributed by atoms with Crippen LogP contribution in [0.3, 0.4) is 0 Å². The Balaban J connectivity index is 2.17. The molecule has 1 N–H and O–H groups in total. The molecule has 0 unspecified atom stereocenters. The molecule has 6 nitrogen and oxygen atoms in total. The number of ether oxygens (including phenoxy) is 2. The second-order valence-corrected chi connectivity index (χ2v) is 6.16. The van der Waals surface area contributed by atoms with E-state index in [4.69, 9.17) is 14.6 Å². The maximum absolute atomic E-state index is 10.9. The molecule has 3 aromatic rings. The summed E-state index contributed by atoms with van der Waals surface area (Å²) in [7, 11) is 1.60. The molecule has 0 spiro atoms. The van der Waals surface area contributed by atoms with Crippen molar-refractivity contribution < 1.29 is 19.4 Å². The zero-order valence-corrected chi connectivity index (χ0v) is 14.3. The van der Waals surface area contributed by atoms with E-state index in [-0.39, 0.29) is 5.88 Å². The molecule has 0 saturated heterocycles. The monoisotopic (exact) mass is 344 g/mol. The molecule has 24 heavy (non-hydrogen) atoms. The fourth-order valence-corrected chi connectivity index (χ4v) is 3.40. The molecule has 0 aliphatic heterocycles. The molecule has 0 aliphatic carbocycles. The van der Waals surface area contributed by atoms with Gasteiger partial charge in [-0.25, -0.2) is 9.48 Å². The molecular weight excluding hydrogens is 328 g/mol. The van der Waals surface area contributed by atoms with E-state index in [1.165, 1.54) is 0 Å². The molecule has 0 amide bonds. The summed E-state index contributed by atoms with van der Waals surface area (Å²) in [6.45, 7) is 3.81. The van der Waals surface area contributed by atoms with E-state index in [0.717, 1.165) is 27.6 Å². The number of hydrogen-bond acceptors (Lipinski definition) is 5. The first-order valence-corrected chi connectivity index (χ1v) is 8.08. The molecule has 0 saturated carbocycles. The van der Waals surface area contributed by atoms with Crippen molar-refractivity contribution in [1.82, 2.24) is 9.78 Å². The van der Waals surface area contributed by atoms with Crippen molar-refractivity contribution in [2.45, 2.75) is 13.8 Å². The van der Waals surface area contributed by atoms with E-state index in [0.29, 0.717) is 5.56 Å². The van der Waals surface area contributed by atoms with Gasteiger partial charge in [-0.3, -0.25) is 0 Å². The molecular formula is C17H16N2O4S. The molecule has 0 radical (unpaired) electrons. The smallest absolute Gasteiger partial charge is 0.497 e. The highest BCUT2D eigenvalue weighted by Gasteiger charge is 2.21. The van der Waals surface area contributed by atoms with E-state index in [9.17, 15) is 4.79 Å². The molecule has 1 aromatic carbocycles. The van der Waals surface area contributed by atoms with E-state index in [2.05, 4.69) is 5.10 Å². The molecule has 0 atom stereocenters. The summed E-state index contributed by atoms with van der Waals surface area (Å²) in [4.78, 5) is 11.9. The van der Waals surface area contributed by atoms with Gasteiger partial charge in [-0.2, -0.15) is 0 Å². The maximum atomic E-state index is 10.9. The highest BCUT2D eigenvalue weighted by molar-refractivity contribution is 7.13. The SMILES string of the molecule is COc1ccc(-n2nc(OC(=O)O)c(C)c2-c2cc(C)cs2)cc1. The van der Waals surface area contributed by atoms with E-state index in [1.807, 2.05) is 42.6 Å². The fourth-order valence-electron chi connectivity index (χ4n) is 2.41. The van der Waals surface area contributed by atoms with Crippen LogP contribution in [0.2, 0.25) is 0 Å². The number of aromatic nitrogens is 2. The Hall–Kier alpha value is -2.80. The minimum Gasteiger partial charge on any atom is -0.497 e. The predicted octanol–water partition coefficient (Wildman–Crippen LogP) is 4.28. The van der Waals surface area contributed by atoms with Crippen LogP contribution >= 0.6 is 11.3 Å². The number of nitrogens with zero attached hydrogens (tertiary/aromatic N) is 2. The third kappa shape index (κ3) is 2.98. The largest absolute Gasteiger partial charge is 0.512 e. The third-order valence-electron chi connectivity index (χ3n) is 3.54. The van der Waals surface area contributed by atoms with Gasteiger partial charge in [0.15, 0.2) is 0 Å². The predicted molar refractivity (Wildman–Crippen MR) is 91.6 cm³/mol. The van der Waals surface area contributed by atoms with Gasteiger partial charge in [0, 0.05) is 5.56 Å². The molecule has 2 aromatic heterocycles. The summed E-state index contributed by atoms with van der Waals surface area (Å²) in [6.07, 6.45) is -1.38. The minimum atomic E-state index is -1.38. The van der Waals surface area contributed by atoms with Crippen LogP contribution < -0.4 is 9.47 Å². The van der Waals surface area contributed by atoms with Gasteiger partial charge in [0.1, 0.15) is 5.75 Å². The Bertz CT molecular complexity index is 881. The van der Waals surface area contributed by atoms with Crippen LogP contribution in [-0.2, 0) is 0 Å². The van der Waals surface area contributed by atoms with Gasteiger partial charge in [-0.15, -0.1) is 16.4 Å². The Kier molecular flexibility index (Phi) is 4.26. The van der Waals surface area contributed by atoms with Crippen molar-refractivity contribution in [3.63, 3.8) is 0 Å². The topological polar surface area (TPSA) is 73.6 Å². The van der Waals surface area contributed by atoms with Crippen LogP contribution in [0, 0.1) is 13.8 Å². The summed E-state index contributed by atoms with van der Waals surface area (Å²) < 4.78 is 11.7. The lowest BCUT2D eigenvalue weighted by Gasteiger charge is -2.07. The van der Waals surface area contributed by atoms with Gasteiger partial charge in [-0.1, -0.05) is 0 Å². The lowest BCUT2D eigenvalue weighted by Crippen LogP contribution is -2.05. The molecule has 2 heterocycles. The average molecular weight is 344 g/mol. The van der Waals surface area contributed by atoms with Crippen molar-refractivity contribution in [3.05, 3.63) is 46.8 Å². The van der Waals surface area contributed by atoms with Gasteiger partial charge in [0.25, 0.3) is 0 Å². The van der Waals surface area contributed by atoms with Gasteiger partial charge >= 0.3 is 6.16 Å². The first kappa shape index (κ1) is 16.1. The van der Waals surface area contributed by atoms with Crippen LogP contribution in [0.25, 0.3) is 16.3 Å². The zero-order valence-electron chi connectivity index (χ0n) is 13.4. The van der Waals surface area contributed by atoms with Crippen LogP contribution in [0.4, 0.5) is 4.79 Å². The average Bonchev–Trinajstić information content (AvgIpc) is 3.11. The number of benzene rings is 1. The second-order valence-electron chi connectivity index (χ2n) is 5.24. The standard InChI is InChI=1S/C17H16N2O4S/c1-10-8-14(24-9-10)15-11(2)16(23-17(20)21)18-19(15)12-4-6-13(22-3)7-5-12/h4-9H,1-3H3,(H,20,21). The maximum Gasteiger partial charge on any atom is 0.512 e. The number of aryl methyl sites for hydroxylation is 1. The fraction of sp³-hybridized carbons (Fsp3) is 0.176. The highest BCUT2D eigenvalue weighted by atomic mass is 32.1. The number of hydrogen-bond donors (Lipinski definition) is 1. The van der Waals surface area contributed by atoms with Gasteiger partial charge in [0.2, 0.25) is 5.88 Å². The number of carboxylic acid groups (broad SMARTS) is 1. The van der Waals surface area contributed by atoms with Crippen LogP contribution in [-0.4, -0.2) is 28.2 Å². The van der Waals surface area contributed by atoms with Gasteiger partial charge in [0.05, 0.1) is 23.4 Å².